The van der Waals surface area contributed by atoms with Crippen LogP contribution in [-0.2, 0) is 27.1 Å². The molecule has 1 fully saturated rings. The summed E-state index contributed by atoms with van der Waals surface area (Å²) in [6, 6.07) is 12.6. The van der Waals surface area contributed by atoms with Gasteiger partial charge in [-0.25, -0.2) is 8.42 Å². The van der Waals surface area contributed by atoms with Crippen molar-refractivity contribution in [2.24, 2.45) is 0 Å². The first kappa shape index (κ1) is 21.8. The third kappa shape index (κ3) is 4.62. The molecular formula is C22H23ClN2O5S. The topological polar surface area (TPSA) is 88.9 Å². The van der Waals surface area contributed by atoms with E-state index in [1.54, 1.807) is 31.2 Å². The normalized spacial score (nSPS) is 15.3. The zero-order valence-electron chi connectivity index (χ0n) is 17.1. The summed E-state index contributed by atoms with van der Waals surface area (Å²) in [6.07, 6.45) is 0. The van der Waals surface area contributed by atoms with Crippen LogP contribution in [0.5, 0.6) is 0 Å². The molecule has 3 aromatic rings. The van der Waals surface area contributed by atoms with Crippen LogP contribution in [0.25, 0.3) is 11.0 Å². The SMILES string of the molecule is Cc1c(C(=O)NCc2ccccc2CS(=O)(=O)N2CCOCC2)oc2c(Cl)cccc12. The fraction of sp³-hybridized carbons (Fsp3) is 0.318. The van der Waals surface area contributed by atoms with Gasteiger partial charge >= 0.3 is 0 Å². The number of ether oxygens (including phenoxy) is 1. The number of sulfonamides is 1. The number of fused-ring (bicyclic) bond motifs is 1. The van der Waals surface area contributed by atoms with E-state index in [1.165, 1.54) is 4.31 Å². The van der Waals surface area contributed by atoms with E-state index in [0.717, 1.165) is 10.9 Å². The fourth-order valence-electron chi connectivity index (χ4n) is 3.66. The first-order valence-electron chi connectivity index (χ1n) is 9.95. The molecule has 1 amide bonds. The van der Waals surface area contributed by atoms with Gasteiger partial charge in [-0.05, 0) is 24.1 Å². The van der Waals surface area contributed by atoms with Crippen molar-refractivity contribution in [1.82, 2.24) is 9.62 Å². The molecule has 0 aliphatic carbocycles. The zero-order valence-corrected chi connectivity index (χ0v) is 18.6. The van der Waals surface area contributed by atoms with E-state index in [-0.39, 0.29) is 24.0 Å². The highest BCUT2D eigenvalue weighted by Gasteiger charge is 2.25. The predicted molar refractivity (Wildman–Crippen MR) is 119 cm³/mol. The fourth-order valence-corrected chi connectivity index (χ4v) is 5.44. The van der Waals surface area contributed by atoms with Crippen LogP contribution in [-0.4, -0.2) is 44.9 Å². The first-order chi connectivity index (χ1) is 14.9. The maximum Gasteiger partial charge on any atom is 0.287 e. The lowest BCUT2D eigenvalue weighted by Crippen LogP contribution is -2.41. The number of hydrogen-bond acceptors (Lipinski definition) is 5. The Kier molecular flexibility index (Phi) is 6.34. The van der Waals surface area contributed by atoms with E-state index in [0.29, 0.717) is 48.0 Å². The molecule has 0 bridgehead atoms. The standard InChI is InChI=1S/C22H23ClN2O5S/c1-15-18-7-4-8-19(23)21(18)30-20(15)22(26)24-13-16-5-2-3-6-17(16)14-31(27,28)25-9-11-29-12-10-25/h2-8H,9-14H2,1H3,(H,24,26). The number of nitrogens with zero attached hydrogens (tertiary/aromatic N) is 1. The van der Waals surface area contributed by atoms with Crippen LogP contribution < -0.4 is 5.32 Å². The molecule has 1 aliphatic heterocycles. The molecule has 9 heteroatoms. The highest BCUT2D eigenvalue weighted by atomic mass is 35.5. The van der Waals surface area contributed by atoms with Crippen LogP contribution in [0.3, 0.4) is 0 Å². The molecule has 1 aliphatic rings. The van der Waals surface area contributed by atoms with Gasteiger partial charge in [0.1, 0.15) is 0 Å². The molecule has 4 rings (SSSR count). The summed E-state index contributed by atoms with van der Waals surface area (Å²) in [5.41, 5.74) is 2.57. The molecule has 164 valence electrons. The smallest absolute Gasteiger partial charge is 0.287 e. The van der Waals surface area contributed by atoms with Crippen molar-refractivity contribution >= 4 is 38.5 Å². The minimum Gasteiger partial charge on any atom is -0.449 e. The molecule has 2 aromatic carbocycles. The molecule has 7 nitrogen and oxygen atoms in total. The molecule has 31 heavy (non-hydrogen) atoms. The molecule has 1 aromatic heterocycles. The van der Waals surface area contributed by atoms with Crippen molar-refractivity contribution in [3.8, 4) is 0 Å². The van der Waals surface area contributed by atoms with Gasteiger partial charge in [-0.3, -0.25) is 4.79 Å². The number of para-hydroxylation sites is 1. The van der Waals surface area contributed by atoms with Crippen LogP contribution in [0.1, 0.15) is 27.2 Å². The summed E-state index contributed by atoms with van der Waals surface area (Å²) in [6.45, 7) is 3.50. The van der Waals surface area contributed by atoms with Crippen LogP contribution in [0.2, 0.25) is 5.02 Å². The molecule has 1 N–H and O–H groups in total. The number of benzene rings is 2. The van der Waals surface area contributed by atoms with Gasteiger partial charge in [0.15, 0.2) is 11.3 Å². The van der Waals surface area contributed by atoms with Gasteiger partial charge in [0.05, 0.1) is 24.0 Å². The Morgan fingerprint density at radius 2 is 1.81 bits per heavy atom. The predicted octanol–water partition coefficient (Wildman–Crippen LogP) is 3.49. The van der Waals surface area contributed by atoms with E-state index in [2.05, 4.69) is 5.32 Å². The van der Waals surface area contributed by atoms with Gasteiger partial charge in [-0.2, -0.15) is 4.31 Å². The number of carbonyl (C=O) groups is 1. The number of halogens is 1. The number of furan rings is 1. The third-order valence-corrected chi connectivity index (χ3v) is 7.51. The highest BCUT2D eigenvalue weighted by molar-refractivity contribution is 7.88. The lowest BCUT2D eigenvalue weighted by atomic mass is 10.1. The van der Waals surface area contributed by atoms with Crippen molar-refractivity contribution in [3.05, 3.63) is 69.9 Å². The quantitative estimate of drug-likeness (QED) is 0.605. The van der Waals surface area contributed by atoms with E-state index in [1.807, 2.05) is 18.2 Å². The number of aryl methyl sites for hydroxylation is 1. The number of carbonyl (C=O) groups excluding carboxylic acids is 1. The van der Waals surface area contributed by atoms with Crippen LogP contribution in [0.4, 0.5) is 0 Å². The molecule has 0 unspecified atom stereocenters. The molecular weight excluding hydrogens is 440 g/mol. The third-order valence-electron chi connectivity index (χ3n) is 5.38. The van der Waals surface area contributed by atoms with E-state index in [9.17, 15) is 13.2 Å². The highest BCUT2D eigenvalue weighted by Crippen LogP contribution is 2.30. The summed E-state index contributed by atoms with van der Waals surface area (Å²) in [7, 11) is -3.47. The summed E-state index contributed by atoms with van der Waals surface area (Å²) in [5, 5.41) is 4.07. The van der Waals surface area contributed by atoms with Gasteiger partial charge in [-0.15, -0.1) is 0 Å². The van der Waals surface area contributed by atoms with Crippen molar-refractivity contribution in [2.75, 3.05) is 26.3 Å². The van der Waals surface area contributed by atoms with E-state index in [4.69, 9.17) is 20.8 Å². The van der Waals surface area contributed by atoms with Crippen molar-refractivity contribution in [1.29, 1.82) is 0 Å². The largest absolute Gasteiger partial charge is 0.449 e. The van der Waals surface area contributed by atoms with Crippen molar-refractivity contribution < 1.29 is 22.4 Å². The molecule has 0 radical (unpaired) electrons. The van der Waals surface area contributed by atoms with Gasteiger partial charge < -0.3 is 14.5 Å². The number of rotatable bonds is 6. The number of morpholine rings is 1. The Hall–Kier alpha value is -2.39. The average molecular weight is 463 g/mol. The van der Waals surface area contributed by atoms with E-state index >= 15 is 0 Å². The summed E-state index contributed by atoms with van der Waals surface area (Å²) >= 11 is 6.17. The summed E-state index contributed by atoms with van der Waals surface area (Å²) in [5.74, 6) is -0.310. The molecule has 0 saturated carbocycles. The Labute approximate surface area is 186 Å². The van der Waals surface area contributed by atoms with Gasteiger partial charge in [0, 0.05) is 30.6 Å². The Morgan fingerprint density at radius 1 is 1.10 bits per heavy atom. The number of nitrogens with one attached hydrogen (secondary N) is 1. The van der Waals surface area contributed by atoms with Crippen LogP contribution in [0.15, 0.2) is 46.9 Å². The number of hydrogen-bond donors (Lipinski definition) is 1. The van der Waals surface area contributed by atoms with Crippen molar-refractivity contribution in [3.63, 3.8) is 0 Å². The zero-order chi connectivity index (χ0) is 22.0. The average Bonchev–Trinajstić information content (AvgIpc) is 3.11. The monoisotopic (exact) mass is 462 g/mol. The van der Waals surface area contributed by atoms with Gasteiger partial charge in [-0.1, -0.05) is 48.0 Å². The Morgan fingerprint density at radius 3 is 2.52 bits per heavy atom. The minimum absolute atomic E-state index is 0.127. The summed E-state index contributed by atoms with van der Waals surface area (Å²) in [4.78, 5) is 12.8. The summed E-state index contributed by atoms with van der Waals surface area (Å²) < 4.78 is 38.0. The second kappa shape index (κ2) is 9.00. The van der Waals surface area contributed by atoms with Gasteiger partial charge in [0.25, 0.3) is 5.91 Å². The maximum absolute atomic E-state index is 12.8. The van der Waals surface area contributed by atoms with Crippen LogP contribution >= 0.6 is 11.6 Å². The maximum atomic E-state index is 12.8. The Bertz CT molecular complexity index is 1220. The van der Waals surface area contributed by atoms with Crippen molar-refractivity contribution in [2.45, 2.75) is 19.2 Å². The molecule has 0 atom stereocenters. The Balaban J connectivity index is 1.50. The lowest BCUT2D eigenvalue weighted by Gasteiger charge is -2.26. The number of amides is 1. The van der Waals surface area contributed by atoms with Gasteiger partial charge in [0.2, 0.25) is 10.0 Å². The molecule has 1 saturated heterocycles. The van der Waals surface area contributed by atoms with Crippen LogP contribution in [0, 0.1) is 6.92 Å². The second-order valence-corrected chi connectivity index (χ2v) is 9.77. The lowest BCUT2D eigenvalue weighted by molar-refractivity contribution is 0.0729. The molecule has 2 heterocycles. The second-order valence-electron chi connectivity index (χ2n) is 7.39. The molecule has 0 spiro atoms. The first-order valence-corrected chi connectivity index (χ1v) is 11.9. The minimum atomic E-state index is -3.47. The van der Waals surface area contributed by atoms with E-state index < -0.39 is 10.0 Å².